The molecule has 1 fully saturated rings. The van der Waals surface area contributed by atoms with Crippen LogP contribution in [0.4, 0.5) is 4.79 Å². The fourth-order valence-electron chi connectivity index (χ4n) is 1.88. The van der Waals surface area contributed by atoms with E-state index >= 15 is 0 Å². The van der Waals surface area contributed by atoms with Crippen LogP contribution < -0.4 is 5.32 Å². The number of carboxylic acid groups (broad SMARTS) is 1. The molecule has 0 aliphatic carbocycles. The molecule has 0 bridgehead atoms. The third-order valence-electron chi connectivity index (χ3n) is 2.81. The van der Waals surface area contributed by atoms with Crippen LogP contribution in [-0.4, -0.2) is 53.8 Å². The number of amides is 2. The minimum Gasteiger partial charge on any atom is -0.481 e. The number of hydrogen-bond acceptors (Lipinski definition) is 3. The van der Waals surface area contributed by atoms with Gasteiger partial charge in [-0.3, -0.25) is 4.79 Å². The van der Waals surface area contributed by atoms with Crippen molar-refractivity contribution in [2.45, 2.75) is 45.3 Å². The molecular formula is C12H22N2O4. The zero-order chi connectivity index (χ0) is 13.5. The van der Waals surface area contributed by atoms with Crippen molar-refractivity contribution in [1.29, 1.82) is 0 Å². The molecule has 1 aliphatic rings. The molecule has 6 nitrogen and oxygen atoms in total. The molecule has 1 heterocycles. The molecule has 0 saturated carbocycles. The smallest absolute Gasteiger partial charge is 0.317 e. The summed E-state index contributed by atoms with van der Waals surface area (Å²) in [7, 11) is 0. The van der Waals surface area contributed by atoms with E-state index in [-0.39, 0.29) is 31.2 Å². The normalized spacial score (nSPS) is 16.9. The monoisotopic (exact) mass is 258 g/mol. The number of carbonyl (C=O) groups excluding carboxylic acids is 1. The molecule has 0 aromatic rings. The zero-order valence-corrected chi connectivity index (χ0v) is 11.0. The summed E-state index contributed by atoms with van der Waals surface area (Å²) in [5.41, 5.74) is 0. The van der Waals surface area contributed by atoms with E-state index in [1.165, 1.54) is 0 Å². The maximum Gasteiger partial charge on any atom is 0.317 e. The first-order valence-corrected chi connectivity index (χ1v) is 6.38. The highest BCUT2D eigenvalue weighted by molar-refractivity contribution is 5.74. The number of urea groups is 1. The van der Waals surface area contributed by atoms with Gasteiger partial charge in [-0.2, -0.15) is 0 Å². The van der Waals surface area contributed by atoms with Crippen LogP contribution in [0.1, 0.15) is 33.1 Å². The van der Waals surface area contributed by atoms with Crippen molar-refractivity contribution in [3.05, 3.63) is 0 Å². The van der Waals surface area contributed by atoms with E-state index in [1.807, 2.05) is 13.8 Å². The van der Waals surface area contributed by atoms with Crippen molar-refractivity contribution in [3.63, 3.8) is 0 Å². The summed E-state index contributed by atoms with van der Waals surface area (Å²) >= 11 is 0. The van der Waals surface area contributed by atoms with Crippen LogP contribution in [0.2, 0.25) is 0 Å². The van der Waals surface area contributed by atoms with Crippen LogP contribution in [0.15, 0.2) is 0 Å². The highest BCUT2D eigenvalue weighted by Crippen LogP contribution is 2.14. The zero-order valence-electron chi connectivity index (χ0n) is 11.0. The highest BCUT2D eigenvalue weighted by Gasteiger charge is 2.23. The Balaban J connectivity index is 2.20. The lowest BCUT2D eigenvalue weighted by Gasteiger charge is -2.32. The molecule has 0 spiro atoms. The predicted octanol–water partition coefficient (Wildman–Crippen LogP) is 1.06. The first-order valence-electron chi connectivity index (χ1n) is 6.38. The van der Waals surface area contributed by atoms with Gasteiger partial charge in [0, 0.05) is 19.1 Å². The van der Waals surface area contributed by atoms with Gasteiger partial charge in [-0.15, -0.1) is 0 Å². The number of piperidine rings is 1. The van der Waals surface area contributed by atoms with Gasteiger partial charge in [0.2, 0.25) is 0 Å². The Bertz CT molecular complexity index is 286. The van der Waals surface area contributed by atoms with Gasteiger partial charge >= 0.3 is 12.0 Å². The largest absolute Gasteiger partial charge is 0.481 e. The van der Waals surface area contributed by atoms with Gasteiger partial charge in [0.15, 0.2) is 0 Å². The number of likely N-dealkylation sites (tertiary alicyclic amines) is 1. The average Bonchev–Trinajstić information content (AvgIpc) is 2.28. The van der Waals surface area contributed by atoms with Crippen LogP contribution in [0.5, 0.6) is 0 Å². The van der Waals surface area contributed by atoms with Crippen LogP contribution >= 0.6 is 0 Å². The number of nitrogens with one attached hydrogen (secondary N) is 1. The Kier molecular flexibility index (Phi) is 5.91. The summed E-state index contributed by atoms with van der Waals surface area (Å²) in [6.07, 6.45) is 1.65. The van der Waals surface area contributed by atoms with Crippen molar-refractivity contribution in [3.8, 4) is 0 Å². The summed E-state index contributed by atoms with van der Waals surface area (Å²) in [5.74, 6) is -0.844. The molecule has 2 N–H and O–H groups in total. The second kappa shape index (κ2) is 7.20. The highest BCUT2D eigenvalue weighted by atomic mass is 16.5. The van der Waals surface area contributed by atoms with E-state index in [9.17, 15) is 9.59 Å². The maximum absolute atomic E-state index is 11.7. The van der Waals surface area contributed by atoms with E-state index < -0.39 is 5.97 Å². The molecule has 18 heavy (non-hydrogen) atoms. The van der Waals surface area contributed by atoms with Crippen molar-refractivity contribution >= 4 is 12.0 Å². The van der Waals surface area contributed by atoms with Gasteiger partial charge in [-0.25, -0.2) is 4.79 Å². The first kappa shape index (κ1) is 14.8. The van der Waals surface area contributed by atoms with Gasteiger partial charge in [0.05, 0.1) is 19.1 Å². The molecule has 0 aromatic carbocycles. The summed E-state index contributed by atoms with van der Waals surface area (Å²) < 4.78 is 5.46. The van der Waals surface area contributed by atoms with Gasteiger partial charge in [0.25, 0.3) is 0 Å². The van der Waals surface area contributed by atoms with Gasteiger partial charge in [-0.05, 0) is 26.7 Å². The quantitative estimate of drug-likeness (QED) is 0.773. The summed E-state index contributed by atoms with van der Waals surface area (Å²) in [6, 6.07) is 0.107. The van der Waals surface area contributed by atoms with Crippen LogP contribution in [0.3, 0.4) is 0 Å². The van der Waals surface area contributed by atoms with Crippen molar-refractivity contribution < 1.29 is 19.4 Å². The number of aliphatic carboxylic acids is 1. The molecule has 104 valence electrons. The van der Waals surface area contributed by atoms with Crippen molar-refractivity contribution in [1.82, 2.24) is 10.2 Å². The predicted molar refractivity (Wildman–Crippen MR) is 66.5 cm³/mol. The fraction of sp³-hybridized carbons (Fsp3) is 0.833. The van der Waals surface area contributed by atoms with Gasteiger partial charge < -0.3 is 20.1 Å². The van der Waals surface area contributed by atoms with E-state index in [2.05, 4.69) is 5.32 Å². The molecule has 1 saturated heterocycles. The van der Waals surface area contributed by atoms with Crippen molar-refractivity contribution in [2.75, 3.05) is 19.7 Å². The summed E-state index contributed by atoms with van der Waals surface area (Å²) in [4.78, 5) is 23.8. The number of carboxylic acids is 1. The van der Waals surface area contributed by atoms with Gasteiger partial charge in [-0.1, -0.05) is 0 Å². The molecule has 1 rings (SSSR count). The summed E-state index contributed by atoms with van der Waals surface area (Å²) in [5, 5.41) is 11.4. The van der Waals surface area contributed by atoms with Crippen LogP contribution in [-0.2, 0) is 9.53 Å². The molecular weight excluding hydrogens is 236 g/mol. The van der Waals surface area contributed by atoms with E-state index in [0.717, 1.165) is 12.8 Å². The van der Waals surface area contributed by atoms with Gasteiger partial charge in [0.1, 0.15) is 0 Å². The third kappa shape index (κ3) is 5.35. The molecule has 1 aliphatic heterocycles. The van der Waals surface area contributed by atoms with Crippen molar-refractivity contribution in [2.24, 2.45) is 0 Å². The van der Waals surface area contributed by atoms with E-state index in [1.54, 1.807) is 4.90 Å². The molecule has 0 radical (unpaired) electrons. The number of nitrogens with zero attached hydrogens (tertiary/aromatic N) is 1. The standard InChI is InChI=1S/C12H22N2O4/c1-9(2)13-12(17)14-6-3-10(4-7-14)18-8-5-11(15)16/h9-10H,3-8H2,1-2H3,(H,13,17)(H,15,16). The number of rotatable bonds is 5. The second-order valence-electron chi connectivity index (χ2n) is 4.81. The lowest BCUT2D eigenvalue weighted by molar-refractivity contribution is -0.138. The Labute approximate surface area is 107 Å². The van der Waals surface area contributed by atoms with Crippen LogP contribution in [0, 0.1) is 0 Å². The fourth-order valence-corrected chi connectivity index (χ4v) is 1.88. The Morgan fingerprint density at radius 1 is 1.39 bits per heavy atom. The number of carbonyl (C=O) groups is 2. The lowest BCUT2D eigenvalue weighted by Crippen LogP contribution is -2.47. The molecule has 0 atom stereocenters. The van der Waals surface area contributed by atoms with E-state index in [4.69, 9.17) is 9.84 Å². The minimum absolute atomic E-state index is 0.0333. The SMILES string of the molecule is CC(C)NC(=O)N1CCC(OCCC(=O)O)CC1. The first-order chi connectivity index (χ1) is 8.49. The lowest BCUT2D eigenvalue weighted by atomic mass is 10.1. The molecule has 2 amide bonds. The van der Waals surface area contributed by atoms with Crippen LogP contribution in [0.25, 0.3) is 0 Å². The molecule has 6 heteroatoms. The Morgan fingerprint density at radius 2 is 2.00 bits per heavy atom. The average molecular weight is 258 g/mol. The topological polar surface area (TPSA) is 78.9 Å². The molecule has 0 aromatic heterocycles. The van der Waals surface area contributed by atoms with E-state index in [0.29, 0.717) is 13.1 Å². The summed E-state index contributed by atoms with van der Waals surface area (Å²) in [6.45, 7) is 5.43. The number of hydrogen-bond donors (Lipinski definition) is 2. The second-order valence-corrected chi connectivity index (χ2v) is 4.81. The Hall–Kier alpha value is -1.30. The Morgan fingerprint density at radius 3 is 2.50 bits per heavy atom. The minimum atomic E-state index is -0.844. The number of ether oxygens (including phenoxy) is 1. The molecule has 0 unspecified atom stereocenters. The maximum atomic E-state index is 11.7. The third-order valence-corrected chi connectivity index (χ3v) is 2.81.